The summed E-state index contributed by atoms with van der Waals surface area (Å²) in [5, 5.41) is 0.963. The molecule has 0 aliphatic rings. The van der Waals surface area contributed by atoms with E-state index in [0.717, 1.165) is 25.4 Å². The Morgan fingerprint density at radius 2 is 1.47 bits per heavy atom. The van der Waals surface area contributed by atoms with E-state index in [-0.39, 0.29) is 16.2 Å². The van der Waals surface area contributed by atoms with Crippen molar-refractivity contribution in [2.75, 3.05) is 0 Å². The van der Waals surface area contributed by atoms with Gasteiger partial charge in [-0.05, 0) is 60.7 Å². The number of halogens is 3. The Morgan fingerprint density at radius 3 is 2.00 bits per heavy atom. The molecule has 0 spiro atoms. The molecule has 3 aromatic carbocycles. The van der Waals surface area contributed by atoms with Crippen LogP contribution >= 0.6 is 58.2 Å². The van der Waals surface area contributed by atoms with Gasteiger partial charge in [0, 0.05) is 33.0 Å². The molecule has 4 rings (SSSR count). The molecule has 0 saturated carbocycles. The number of para-hydroxylation sites is 1. The minimum atomic E-state index is -0.266. The van der Waals surface area contributed by atoms with Crippen LogP contribution in [0.15, 0.2) is 99.8 Å². The van der Waals surface area contributed by atoms with Gasteiger partial charge in [0.15, 0.2) is 4.47 Å². The number of hydrogen-bond donors (Lipinski definition) is 0. The Labute approximate surface area is 219 Å². The Kier molecular flexibility index (Phi) is 9.47. The number of thiazole rings is 1. The third-order valence-corrected chi connectivity index (χ3v) is 9.29. The monoisotopic (exact) mass is 548 g/mol. The first kappa shape index (κ1) is 25.3. The van der Waals surface area contributed by atoms with Crippen molar-refractivity contribution < 1.29 is 8.78 Å². The second-order valence-corrected chi connectivity index (χ2v) is 12.6. The first-order chi connectivity index (χ1) is 16.5. The molecule has 174 valence electrons. The minimum absolute atomic E-state index is 0.0379. The molecular weight excluding hydrogens is 530 g/mol. The normalized spacial score (nSPS) is 11.8. The van der Waals surface area contributed by atoms with E-state index in [9.17, 15) is 8.78 Å². The van der Waals surface area contributed by atoms with E-state index in [2.05, 4.69) is 4.98 Å². The van der Waals surface area contributed by atoms with Crippen LogP contribution < -0.4 is 0 Å². The predicted octanol–water partition coefficient (Wildman–Crippen LogP) is 9.34. The van der Waals surface area contributed by atoms with Gasteiger partial charge in [0.1, 0.15) is 11.6 Å². The smallest absolute Gasteiger partial charge is 0.183 e. The SMILES string of the molecule is Fc1ccc(SC(CC(=Nc2ccccc2)SCc2cnc(Cl)s2)Sc2ccc(F)cc2)cc1. The van der Waals surface area contributed by atoms with E-state index in [0.29, 0.717) is 16.6 Å². The average Bonchev–Trinajstić information content (AvgIpc) is 3.26. The van der Waals surface area contributed by atoms with Gasteiger partial charge >= 0.3 is 0 Å². The van der Waals surface area contributed by atoms with Gasteiger partial charge in [-0.2, -0.15) is 0 Å². The minimum Gasteiger partial charge on any atom is -0.247 e. The van der Waals surface area contributed by atoms with Crippen LogP contribution in [0.2, 0.25) is 4.47 Å². The van der Waals surface area contributed by atoms with Crippen LogP contribution in [0.1, 0.15) is 11.3 Å². The Hall–Kier alpha value is -1.84. The molecule has 0 saturated heterocycles. The lowest BCUT2D eigenvalue weighted by molar-refractivity contribution is 0.626. The molecule has 0 fully saturated rings. The zero-order chi connectivity index (χ0) is 23.8. The molecule has 0 aliphatic heterocycles. The van der Waals surface area contributed by atoms with E-state index in [1.165, 1.54) is 35.6 Å². The maximum absolute atomic E-state index is 13.4. The van der Waals surface area contributed by atoms with Gasteiger partial charge in [0.25, 0.3) is 0 Å². The quantitative estimate of drug-likeness (QED) is 0.0900. The van der Waals surface area contributed by atoms with Crippen LogP contribution in [0.4, 0.5) is 14.5 Å². The van der Waals surface area contributed by atoms with Crippen LogP contribution in [0.5, 0.6) is 0 Å². The maximum Gasteiger partial charge on any atom is 0.183 e. The molecule has 34 heavy (non-hydrogen) atoms. The van der Waals surface area contributed by atoms with E-state index < -0.39 is 0 Å². The van der Waals surface area contributed by atoms with E-state index >= 15 is 0 Å². The molecule has 2 nitrogen and oxygen atoms in total. The molecule has 0 aliphatic carbocycles. The van der Waals surface area contributed by atoms with Gasteiger partial charge in [0.2, 0.25) is 0 Å². The highest BCUT2D eigenvalue weighted by Gasteiger charge is 2.18. The molecule has 0 amide bonds. The van der Waals surface area contributed by atoms with Crippen molar-refractivity contribution in [1.29, 1.82) is 0 Å². The third kappa shape index (κ3) is 8.13. The molecule has 0 N–H and O–H groups in total. The number of nitrogens with zero attached hydrogens (tertiary/aromatic N) is 2. The zero-order valence-corrected chi connectivity index (χ0v) is 21.8. The van der Waals surface area contributed by atoms with Crippen molar-refractivity contribution in [3.63, 3.8) is 0 Å². The molecule has 0 radical (unpaired) electrons. The van der Waals surface area contributed by atoms with Crippen molar-refractivity contribution in [2.24, 2.45) is 4.99 Å². The number of rotatable bonds is 9. The summed E-state index contributed by atoms with van der Waals surface area (Å²) < 4.78 is 27.4. The summed E-state index contributed by atoms with van der Waals surface area (Å²) in [6, 6.07) is 22.8. The summed E-state index contributed by atoms with van der Waals surface area (Å²) in [4.78, 5) is 12.0. The van der Waals surface area contributed by atoms with Gasteiger partial charge in [-0.1, -0.05) is 29.8 Å². The largest absolute Gasteiger partial charge is 0.247 e. The predicted molar refractivity (Wildman–Crippen MR) is 145 cm³/mol. The van der Waals surface area contributed by atoms with E-state index in [1.807, 2.05) is 30.3 Å². The molecular formula is C25H19ClF2N2S4. The molecule has 1 aromatic heterocycles. The number of aromatic nitrogens is 1. The summed E-state index contributed by atoms with van der Waals surface area (Å²) in [7, 11) is 0. The van der Waals surface area contributed by atoms with Gasteiger partial charge in [-0.25, -0.2) is 18.8 Å². The molecule has 0 unspecified atom stereocenters. The summed E-state index contributed by atoms with van der Waals surface area (Å²) >= 11 is 12.4. The molecule has 1 heterocycles. The summed E-state index contributed by atoms with van der Waals surface area (Å²) in [5.41, 5.74) is 0.879. The van der Waals surface area contributed by atoms with Crippen molar-refractivity contribution in [2.45, 2.75) is 26.5 Å². The van der Waals surface area contributed by atoms with Crippen molar-refractivity contribution in [3.8, 4) is 0 Å². The molecule has 0 atom stereocenters. The molecule has 0 bridgehead atoms. The number of hydrogen-bond acceptors (Lipinski definition) is 6. The topological polar surface area (TPSA) is 25.2 Å². The van der Waals surface area contributed by atoms with E-state index in [4.69, 9.17) is 16.6 Å². The average molecular weight is 549 g/mol. The van der Waals surface area contributed by atoms with Crippen molar-refractivity contribution in [1.82, 2.24) is 4.98 Å². The maximum atomic E-state index is 13.4. The lowest BCUT2D eigenvalue weighted by Gasteiger charge is -2.18. The lowest BCUT2D eigenvalue weighted by atomic mass is 10.3. The number of thioether (sulfide) groups is 3. The first-order valence-electron chi connectivity index (χ1n) is 10.2. The zero-order valence-electron chi connectivity index (χ0n) is 17.7. The van der Waals surface area contributed by atoms with Crippen LogP contribution in [0, 0.1) is 11.6 Å². The first-order valence-corrected chi connectivity index (χ1v) is 14.2. The Balaban J connectivity index is 1.57. The number of aliphatic imine (C=N–C) groups is 1. The second kappa shape index (κ2) is 12.7. The van der Waals surface area contributed by atoms with Crippen LogP contribution in [0.3, 0.4) is 0 Å². The lowest BCUT2D eigenvalue weighted by Crippen LogP contribution is -2.05. The summed E-state index contributed by atoms with van der Waals surface area (Å²) in [5.74, 6) is 0.181. The van der Waals surface area contributed by atoms with E-state index in [1.54, 1.807) is 65.7 Å². The Morgan fingerprint density at radius 1 is 0.882 bits per heavy atom. The fourth-order valence-electron chi connectivity index (χ4n) is 2.87. The van der Waals surface area contributed by atoms with Crippen LogP contribution in [-0.2, 0) is 5.75 Å². The highest BCUT2D eigenvalue weighted by molar-refractivity contribution is 8.17. The fourth-order valence-corrected chi connectivity index (χ4v) is 7.64. The molecule has 9 heteroatoms. The van der Waals surface area contributed by atoms with Crippen LogP contribution in [-0.4, -0.2) is 14.6 Å². The molecule has 4 aromatic rings. The van der Waals surface area contributed by atoms with Crippen LogP contribution in [0.25, 0.3) is 0 Å². The van der Waals surface area contributed by atoms with Gasteiger partial charge in [-0.15, -0.1) is 46.6 Å². The highest BCUT2D eigenvalue weighted by atomic mass is 35.5. The van der Waals surface area contributed by atoms with Gasteiger partial charge in [-0.3, -0.25) is 0 Å². The van der Waals surface area contributed by atoms with Gasteiger partial charge < -0.3 is 0 Å². The standard InChI is InChI=1S/C25H19ClF2N2S4/c26-25-29-15-22(34-25)16-31-23(30-19-4-2-1-3-5-19)14-24(32-20-10-6-17(27)7-11-20)33-21-12-8-18(28)9-13-21/h1-13,15,24H,14,16H2. The number of benzene rings is 3. The summed E-state index contributed by atoms with van der Waals surface area (Å²) in [6.45, 7) is 0. The van der Waals surface area contributed by atoms with Crippen molar-refractivity contribution in [3.05, 3.63) is 106 Å². The highest BCUT2D eigenvalue weighted by Crippen LogP contribution is 2.40. The van der Waals surface area contributed by atoms with Gasteiger partial charge in [0.05, 0.1) is 15.3 Å². The van der Waals surface area contributed by atoms with Crippen molar-refractivity contribution >= 4 is 69.0 Å². The Bertz CT molecular complexity index is 1170. The fraction of sp³-hybridized carbons (Fsp3) is 0.120. The second-order valence-electron chi connectivity index (χ2n) is 6.99. The summed E-state index contributed by atoms with van der Waals surface area (Å²) in [6.07, 6.45) is 2.45. The third-order valence-electron chi connectivity index (χ3n) is 4.42.